The zero-order valence-electron chi connectivity index (χ0n) is 17.1. The molecule has 0 radical (unpaired) electrons. The van der Waals surface area contributed by atoms with Gasteiger partial charge in [-0.1, -0.05) is 0 Å². The highest BCUT2D eigenvalue weighted by Gasteiger charge is 2.35. The summed E-state index contributed by atoms with van der Waals surface area (Å²) in [6.07, 6.45) is -6.28. The smallest absolute Gasteiger partial charge is 0.389 e. The van der Waals surface area contributed by atoms with Gasteiger partial charge in [-0.05, 0) is 43.6 Å². The van der Waals surface area contributed by atoms with Crippen LogP contribution in [0.1, 0.15) is 19.5 Å². The molecule has 0 fully saturated rings. The summed E-state index contributed by atoms with van der Waals surface area (Å²) in [4.78, 5) is 36.8. The van der Waals surface area contributed by atoms with E-state index in [1.54, 1.807) is 4.72 Å². The lowest BCUT2D eigenvalue weighted by atomic mass is 10.2. The Morgan fingerprint density at radius 1 is 1.21 bits per heavy atom. The highest BCUT2D eigenvalue weighted by Crippen LogP contribution is 2.31. The molecule has 2 heterocycles. The summed E-state index contributed by atoms with van der Waals surface area (Å²) >= 11 is 0.866. The van der Waals surface area contributed by atoms with Gasteiger partial charge in [0.1, 0.15) is 5.69 Å². The molecule has 178 valence electrons. The fraction of sp³-hybridized carbons (Fsp3) is 0.294. The van der Waals surface area contributed by atoms with Gasteiger partial charge in [-0.25, -0.2) is 18.9 Å². The maximum Gasteiger partial charge on any atom is 0.431 e. The van der Waals surface area contributed by atoms with Crippen LogP contribution < -0.4 is 25.4 Å². The van der Waals surface area contributed by atoms with Crippen LogP contribution in [0.2, 0.25) is 0 Å². The molecule has 0 atom stereocenters. The standard InChI is InChI=1S/C17H16F3N5O6S2/c1-8(2)22-33(29,30)23-15(27)31-14-10-6-9(4-5-11(10)32-21-14)25-13(26)7-12(17(18,19)20)24(3)16(25)28/h4-8,22H,1-3H3,(H,23,27). The molecule has 0 aliphatic rings. The second-order valence-corrected chi connectivity index (χ2v) is 9.23. The molecule has 33 heavy (non-hydrogen) atoms. The third-order valence-electron chi connectivity index (χ3n) is 4.09. The predicted molar refractivity (Wildman–Crippen MR) is 112 cm³/mol. The Morgan fingerprint density at radius 2 is 1.88 bits per heavy atom. The summed E-state index contributed by atoms with van der Waals surface area (Å²) in [5.74, 6) is -0.328. The number of nitrogens with one attached hydrogen (secondary N) is 2. The second kappa shape index (κ2) is 8.60. The van der Waals surface area contributed by atoms with Gasteiger partial charge in [0.15, 0.2) is 0 Å². The molecule has 1 aromatic carbocycles. The molecule has 0 aliphatic heterocycles. The Kier molecular flexibility index (Phi) is 6.36. The molecule has 3 aromatic rings. The van der Waals surface area contributed by atoms with Gasteiger partial charge in [0.05, 0.1) is 15.8 Å². The van der Waals surface area contributed by atoms with Crippen LogP contribution in [0, 0.1) is 0 Å². The Labute approximate surface area is 187 Å². The number of hydrogen-bond donors (Lipinski definition) is 2. The fourth-order valence-electron chi connectivity index (χ4n) is 2.81. The topological polar surface area (TPSA) is 141 Å². The van der Waals surface area contributed by atoms with E-state index in [0.29, 0.717) is 9.27 Å². The lowest BCUT2D eigenvalue weighted by Gasteiger charge is -2.14. The molecule has 2 aromatic heterocycles. The van der Waals surface area contributed by atoms with Gasteiger partial charge in [-0.15, -0.1) is 0 Å². The number of ether oxygens (including phenoxy) is 1. The minimum Gasteiger partial charge on any atom is -0.389 e. The van der Waals surface area contributed by atoms with Crippen LogP contribution in [-0.4, -0.2) is 34.1 Å². The number of rotatable bonds is 5. The van der Waals surface area contributed by atoms with E-state index in [4.69, 9.17) is 4.74 Å². The van der Waals surface area contributed by atoms with E-state index in [-0.39, 0.29) is 27.6 Å². The van der Waals surface area contributed by atoms with Crippen LogP contribution in [0.3, 0.4) is 0 Å². The number of fused-ring (bicyclic) bond motifs is 1. The Morgan fingerprint density at radius 3 is 2.48 bits per heavy atom. The van der Waals surface area contributed by atoms with E-state index in [1.165, 1.54) is 32.0 Å². The van der Waals surface area contributed by atoms with E-state index in [2.05, 4.69) is 9.10 Å². The zero-order chi connectivity index (χ0) is 24.7. The van der Waals surface area contributed by atoms with E-state index < -0.39 is 45.5 Å². The summed E-state index contributed by atoms with van der Waals surface area (Å²) in [5, 5.41) is 0.121. The van der Waals surface area contributed by atoms with Crippen LogP contribution in [0.4, 0.5) is 18.0 Å². The van der Waals surface area contributed by atoms with Crippen molar-refractivity contribution in [1.82, 2.24) is 23.0 Å². The largest absolute Gasteiger partial charge is 0.431 e. The maximum absolute atomic E-state index is 13.1. The summed E-state index contributed by atoms with van der Waals surface area (Å²) in [7, 11) is -3.33. The number of aromatic nitrogens is 3. The van der Waals surface area contributed by atoms with E-state index in [0.717, 1.165) is 18.6 Å². The summed E-state index contributed by atoms with van der Waals surface area (Å²) < 4.78 is 76.6. The van der Waals surface area contributed by atoms with Gasteiger partial charge in [-0.3, -0.25) is 9.36 Å². The highest BCUT2D eigenvalue weighted by atomic mass is 32.2. The van der Waals surface area contributed by atoms with E-state index >= 15 is 0 Å². The van der Waals surface area contributed by atoms with Gasteiger partial charge in [0.2, 0.25) is 5.88 Å². The lowest BCUT2D eigenvalue weighted by Crippen LogP contribution is -2.44. The van der Waals surface area contributed by atoms with E-state index in [1.807, 2.05) is 0 Å². The normalized spacial score (nSPS) is 12.3. The lowest BCUT2D eigenvalue weighted by molar-refractivity contribution is -0.144. The molecule has 2 N–H and O–H groups in total. The molecule has 3 rings (SSSR count). The molecular weight excluding hydrogens is 491 g/mol. The van der Waals surface area contributed by atoms with E-state index in [9.17, 15) is 36.0 Å². The molecule has 11 nitrogen and oxygen atoms in total. The average molecular weight is 507 g/mol. The SMILES string of the molecule is CC(C)NS(=O)(=O)NC(=O)Oc1nsc2ccc(-n3c(=O)cc(C(F)(F)F)n(C)c3=O)cc12. The van der Waals surface area contributed by atoms with Crippen molar-refractivity contribution in [2.45, 2.75) is 26.1 Å². The molecule has 0 bridgehead atoms. The molecule has 16 heteroatoms. The van der Waals surface area contributed by atoms with Crippen LogP contribution in [0.15, 0.2) is 33.9 Å². The number of halogens is 3. The van der Waals surface area contributed by atoms with Gasteiger partial charge in [-0.2, -0.15) is 30.7 Å². The van der Waals surface area contributed by atoms with Gasteiger partial charge in [0, 0.05) is 19.2 Å². The average Bonchev–Trinajstić information content (AvgIpc) is 3.04. The zero-order valence-corrected chi connectivity index (χ0v) is 18.8. The minimum atomic E-state index is -4.91. The first-order chi connectivity index (χ1) is 15.2. The first-order valence-corrected chi connectivity index (χ1v) is 11.3. The van der Waals surface area contributed by atoms with Crippen molar-refractivity contribution < 1.29 is 31.1 Å². The van der Waals surface area contributed by atoms with Crippen molar-refractivity contribution in [3.8, 4) is 11.6 Å². The monoisotopic (exact) mass is 507 g/mol. The number of carbonyl (C=O) groups is 1. The van der Waals surface area contributed by atoms with Crippen molar-refractivity contribution in [3.63, 3.8) is 0 Å². The van der Waals surface area contributed by atoms with Crippen LogP contribution in [0.25, 0.3) is 15.8 Å². The van der Waals surface area contributed by atoms with Crippen LogP contribution in [0.5, 0.6) is 5.88 Å². The second-order valence-electron chi connectivity index (χ2n) is 6.98. The molecule has 0 saturated heterocycles. The molecular formula is C17H16F3N5O6S2. The van der Waals surface area contributed by atoms with Crippen molar-refractivity contribution in [3.05, 3.63) is 50.8 Å². The van der Waals surface area contributed by atoms with Crippen molar-refractivity contribution in [2.24, 2.45) is 7.05 Å². The predicted octanol–water partition coefficient (Wildman–Crippen LogP) is 1.50. The van der Waals surface area contributed by atoms with Gasteiger partial charge in [0.25, 0.3) is 5.56 Å². The number of amides is 1. The Bertz CT molecular complexity index is 1460. The maximum atomic E-state index is 13.1. The third-order valence-corrected chi connectivity index (χ3v) is 6.11. The van der Waals surface area contributed by atoms with Crippen LogP contribution in [-0.2, 0) is 23.4 Å². The summed E-state index contributed by atoms with van der Waals surface area (Å²) in [6, 6.07) is 3.71. The quantitative estimate of drug-likeness (QED) is 0.533. The van der Waals surface area contributed by atoms with Gasteiger partial charge >= 0.3 is 28.2 Å². The Hall–Kier alpha value is -3.24. The Balaban J connectivity index is 2.01. The number of nitrogens with zero attached hydrogens (tertiary/aromatic N) is 3. The molecule has 0 saturated carbocycles. The number of alkyl halides is 3. The summed E-state index contributed by atoms with van der Waals surface area (Å²) in [6.45, 7) is 3.07. The first-order valence-electron chi connectivity index (χ1n) is 9.01. The first kappa shape index (κ1) is 24.4. The highest BCUT2D eigenvalue weighted by molar-refractivity contribution is 7.88. The summed E-state index contributed by atoms with van der Waals surface area (Å²) in [5.41, 5.74) is -3.99. The molecule has 0 spiro atoms. The number of benzene rings is 1. The molecule has 0 aliphatic carbocycles. The fourth-order valence-corrected chi connectivity index (χ4v) is 4.44. The number of carbonyl (C=O) groups excluding carboxylic acids is 1. The van der Waals surface area contributed by atoms with Crippen molar-refractivity contribution >= 4 is 37.9 Å². The van der Waals surface area contributed by atoms with Gasteiger partial charge < -0.3 is 4.74 Å². The number of hydrogen-bond acceptors (Lipinski definition) is 8. The third kappa shape index (κ3) is 5.23. The van der Waals surface area contributed by atoms with Crippen molar-refractivity contribution in [2.75, 3.05) is 0 Å². The van der Waals surface area contributed by atoms with Crippen molar-refractivity contribution in [1.29, 1.82) is 0 Å². The molecule has 1 amide bonds. The minimum absolute atomic E-state index is 0.110. The molecule has 0 unspecified atom stereocenters. The van der Waals surface area contributed by atoms with Crippen LogP contribution >= 0.6 is 11.5 Å².